The molecule has 1 aromatic carbocycles. The van der Waals surface area contributed by atoms with Crippen LogP contribution in [0.4, 0.5) is 8.78 Å². The smallest absolute Gasteiger partial charge is 0.349 e. The van der Waals surface area contributed by atoms with Crippen LogP contribution < -0.4 is 4.74 Å². The van der Waals surface area contributed by atoms with Crippen LogP contribution >= 0.6 is 0 Å². The Kier molecular flexibility index (Phi) is 8.91. The lowest BCUT2D eigenvalue weighted by molar-refractivity contribution is -0.156. The van der Waals surface area contributed by atoms with Crippen LogP contribution in [0.2, 0.25) is 0 Å². The second-order valence-electron chi connectivity index (χ2n) is 12.2. The Labute approximate surface area is 230 Å². The van der Waals surface area contributed by atoms with E-state index in [1.54, 1.807) is 6.07 Å². The van der Waals surface area contributed by atoms with Gasteiger partial charge in [-0.1, -0.05) is 6.07 Å². The van der Waals surface area contributed by atoms with Crippen LogP contribution in [0.25, 0.3) is 0 Å². The topological polar surface area (TPSA) is 74.3 Å². The van der Waals surface area contributed by atoms with Gasteiger partial charge in [0.15, 0.2) is 5.60 Å². The molecule has 7 nitrogen and oxygen atoms in total. The van der Waals surface area contributed by atoms with Crippen molar-refractivity contribution < 1.29 is 37.3 Å². The molecule has 1 aromatic rings. The molecule has 5 rings (SSSR count). The number of esters is 1. The fourth-order valence-electron chi connectivity index (χ4n) is 6.01. The minimum atomic E-state index is -3.16. The first-order valence-electron chi connectivity index (χ1n) is 14.1. The summed E-state index contributed by atoms with van der Waals surface area (Å²) in [7, 11) is 1.23. The lowest BCUT2D eigenvalue weighted by Gasteiger charge is -2.46. The Morgan fingerprint density at radius 2 is 1.79 bits per heavy atom. The van der Waals surface area contributed by atoms with Crippen LogP contribution in [0.3, 0.4) is 0 Å². The van der Waals surface area contributed by atoms with Gasteiger partial charge in [-0.15, -0.1) is 0 Å². The molecule has 0 spiro atoms. The highest BCUT2D eigenvalue weighted by molar-refractivity contribution is 5.79. The second kappa shape index (κ2) is 11.7. The summed E-state index contributed by atoms with van der Waals surface area (Å²) < 4.78 is 51.6. The summed E-state index contributed by atoms with van der Waals surface area (Å²) in [6.07, 6.45) is 6.43. The van der Waals surface area contributed by atoms with Gasteiger partial charge in [0.25, 0.3) is 5.92 Å². The molecule has 0 unspecified atom stereocenters. The van der Waals surface area contributed by atoms with E-state index in [1.807, 2.05) is 11.8 Å². The molecule has 4 aliphatic rings. The van der Waals surface area contributed by atoms with Crippen LogP contribution in [0.1, 0.15) is 89.7 Å². The first-order chi connectivity index (χ1) is 18.3. The Hall–Kier alpha value is -2.26. The number of hydrogen-bond acceptors (Lipinski definition) is 6. The van der Waals surface area contributed by atoms with E-state index < -0.39 is 17.5 Å². The van der Waals surface area contributed by atoms with E-state index in [0.717, 1.165) is 44.8 Å². The van der Waals surface area contributed by atoms with Gasteiger partial charge in [0, 0.05) is 25.4 Å². The normalized spacial score (nSPS) is 24.9. The van der Waals surface area contributed by atoms with Gasteiger partial charge in [-0.2, -0.15) is 0 Å². The number of carbonyl (C=O) groups is 2. The maximum Gasteiger partial charge on any atom is 0.349 e. The van der Waals surface area contributed by atoms with Crippen molar-refractivity contribution in [1.82, 2.24) is 4.90 Å². The lowest BCUT2D eigenvalue weighted by Crippen LogP contribution is -2.46. The van der Waals surface area contributed by atoms with Crippen molar-refractivity contribution in [2.45, 2.75) is 102 Å². The maximum absolute atomic E-state index is 14.6. The molecule has 1 aliphatic carbocycles. The summed E-state index contributed by atoms with van der Waals surface area (Å²) in [6.45, 7) is 8.27. The number of rotatable bonds is 10. The van der Waals surface area contributed by atoms with Gasteiger partial charge < -0.3 is 23.8 Å². The van der Waals surface area contributed by atoms with E-state index in [4.69, 9.17) is 18.9 Å². The van der Waals surface area contributed by atoms with Crippen molar-refractivity contribution in [3.8, 4) is 5.75 Å². The van der Waals surface area contributed by atoms with Crippen molar-refractivity contribution in [3.05, 3.63) is 29.3 Å². The fraction of sp³-hybridized carbons (Fsp3) is 0.733. The third-order valence-electron chi connectivity index (χ3n) is 8.59. The molecule has 1 atom stereocenters. The van der Waals surface area contributed by atoms with Gasteiger partial charge in [-0.3, -0.25) is 4.79 Å². The Balaban J connectivity index is 1.31. The van der Waals surface area contributed by atoms with Gasteiger partial charge in [0.2, 0.25) is 5.91 Å². The number of methoxy groups -OCH3 is 1. The molecule has 39 heavy (non-hydrogen) atoms. The van der Waals surface area contributed by atoms with Crippen molar-refractivity contribution in [1.29, 1.82) is 0 Å². The van der Waals surface area contributed by atoms with Crippen LogP contribution in [0, 0.1) is 5.41 Å². The standard InChI is InChI=1S/C30H43F2NO6/c1-20(37-18-30-12-8-23(9-13-30)38-19-30)16-26(34)33-14-10-21(11-15-33)22-6-7-25(24(17-22)29(4,31)32)39-28(2,3)27(35)36-5/h6-7,17,20-21,23H,8-16,18-19H2,1-5H3/t20-,23?,30?/m1/s1. The average molecular weight is 552 g/mol. The van der Waals surface area contributed by atoms with Crippen LogP contribution in [0.15, 0.2) is 18.2 Å². The molecule has 0 aromatic heterocycles. The first-order valence-corrected chi connectivity index (χ1v) is 14.1. The monoisotopic (exact) mass is 551 g/mol. The molecule has 3 saturated heterocycles. The molecule has 218 valence electrons. The SMILES string of the molecule is COC(=O)C(C)(C)Oc1ccc(C2CCN(C(=O)C[C@@H](C)OCC34CCC(CC3)OC4)CC2)cc1C(C)(F)F. The number of piperidine rings is 1. The van der Waals surface area contributed by atoms with Crippen molar-refractivity contribution in [3.63, 3.8) is 0 Å². The molecule has 0 N–H and O–H groups in total. The molecule has 9 heteroatoms. The Morgan fingerprint density at radius 3 is 2.36 bits per heavy atom. The van der Waals surface area contributed by atoms with Crippen molar-refractivity contribution in [2.24, 2.45) is 5.41 Å². The summed E-state index contributed by atoms with van der Waals surface area (Å²) in [5.41, 5.74) is -0.791. The number of hydrogen-bond donors (Lipinski definition) is 0. The van der Waals surface area contributed by atoms with E-state index in [9.17, 15) is 18.4 Å². The summed E-state index contributed by atoms with van der Waals surface area (Å²) in [4.78, 5) is 26.9. The average Bonchev–Trinajstić information content (AvgIpc) is 2.92. The number of ether oxygens (including phenoxy) is 4. The predicted molar refractivity (Wildman–Crippen MR) is 142 cm³/mol. The maximum atomic E-state index is 14.6. The van der Waals surface area contributed by atoms with E-state index in [-0.39, 0.29) is 34.7 Å². The van der Waals surface area contributed by atoms with Gasteiger partial charge in [-0.25, -0.2) is 13.6 Å². The number of halogens is 2. The molecular weight excluding hydrogens is 508 g/mol. The summed E-state index contributed by atoms with van der Waals surface area (Å²) in [5, 5.41) is 0. The number of amides is 1. The molecule has 2 bridgehead atoms. The largest absolute Gasteiger partial charge is 0.476 e. The van der Waals surface area contributed by atoms with E-state index in [0.29, 0.717) is 45.1 Å². The minimum Gasteiger partial charge on any atom is -0.476 e. The highest BCUT2D eigenvalue weighted by Gasteiger charge is 2.42. The summed E-state index contributed by atoms with van der Waals surface area (Å²) >= 11 is 0. The molecule has 3 heterocycles. The fourth-order valence-corrected chi connectivity index (χ4v) is 6.01. The predicted octanol–water partition coefficient (Wildman–Crippen LogP) is 5.59. The third kappa shape index (κ3) is 7.09. The minimum absolute atomic E-state index is 0.0457. The van der Waals surface area contributed by atoms with Gasteiger partial charge in [0.05, 0.1) is 44.5 Å². The number of nitrogens with zero attached hydrogens (tertiary/aromatic N) is 1. The number of likely N-dealkylation sites (tertiary alicyclic amines) is 1. The third-order valence-corrected chi connectivity index (χ3v) is 8.59. The zero-order chi connectivity index (χ0) is 28.4. The molecule has 4 fully saturated rings. The zero-order valence-electron chi connectivity index (χ0n) is 23.9. The number of fused-ring (bicyclic) bond motifs is 3. The second-order valence-corrected chi connectivity index (χ2v) is 12.2. The summed E-state index contributed by atoms with van der Waals surface area (Å²) in [5.74, 6) is -3.74. The highest BCUT2D eigenvalue weighted by Crippen LogP contribution is 2.43. The van der Waals surface area contributed by atoms with Gasteiger partial charge in [-0.05, 0) is 82.9 Å². The van der Waals surface area contributed by atoms with Crippen LogP contribution in [0.5, 0.6) is 5.75 Å². The van der Waals surface area contributed by atoms with Crippen LogP contribution in [-0.2, 0) is 29.7 Å². The van der Waals surface area contributed by atoms with Crippen LogP contribution in [-0.4, -0.2) is 68.0 Å². The zero-order valence-corrected chi connectivity index (χ0v) is 23.9. The Morgan fingerprint density at radius 1 is 1.13 bits per heavy atom. The number of benzene rings is 1. The van der Waals surface area contributed by atoms with E-state index >= 15 is 0 Å². The molecule has 3 aliphatic heterocycles. The molecule has 1 saturated carbocycles. The van der Waals surface area contributed by atoms with E-state index in [2.05, 4.69) is 0 Å². The van der Waals surface area contributed by atoms with Crippen molar-refractivity contribution in [2.75, 3.05) is 33.4 Å². The first kappa shape index (κ1) is 29.7. The molecule has 0 radical (unpaired) electrons. The number of carbonyl (C=O) groups excluding carboxylic acids is 2. The summed E-state index contributed by atoms with van der Waals surface area (Å²) in [6, 6.07) is 4.76. The quantitative estimate of drug-likeness (QED) is 0.353. The molecule has 1 amide bonds. The lowest BCUT2D eigenvalue weighted by atomic mass is 9.72. The van der Waals surface area contributed by atoms with Gasteiger partial charge in [0.1, 0.15) is 5.75 Å². The highest BCUT2D eigenvalue weighted by atomic mass is 19.3. The van der Waals surface area contributed by atoms with Gasteiger partial charge >= 0.3 is 5.97 Å². The Bertz CT molecular complexity index is 1010. The molecular formula is C30H43F2NO6. The van der Waals surface area contributed by atoms with E-state index in [1.165, 1.54) is 33.1 Å². The number of alkyl halides is 2. The van der Waals surface area contributed by atoms with Crippen molar-refractivity contribution >= 4 is 11.9 Å².